The number of hydrogen-bond acceptors (Lipinski definition) is 3. The van der Waals surface area contributed by atoms with Crippen molar-refractivity contribution in [3.8, 4) is 11.8 Å². The molecule has 112 valence electrons. The molecule has 4 nitrogen and oxygen atoms in total. The van der Waals surface area contributed by atoms with Gasteiger partial charge < -0.3 is 14.7 Å². The largest absolute Gasteiger partial charge is 0.384 e. The maximum atomic E-state index is 12.7. The van der Waals surface area contributed by atoms with Crippen LogP contribution in [-0.2, 0) is 4.74 Å². The molecule has 0 bridgehead atoms. The molecular formula is C17H21NO3. The van der Waals surface area contributed by atoms with Crippen LogP contribution in [0.2, 0.25) is 0 Å². The SMILES string of the molecule is CCC1COCCN1C(=O)c1ccc(C)c(C#CCO)c1. The van der Waals surface area contributed by atoms with Gasteiger partial charge in [0.15, 0.2) is 0 Å². The minimum atomic E-state index is -0.182. The quantitative estimate of drug-likeness (QED) is 0.840. The van der Waals surface area contributed by atoms with Gasteiger partial charge in [-0.2, -0.15) is 0 Å². The van der Waals surface area contributed by atoms with E-state index in [0.29, 0.717) is 25.3 Å². The molecule has 1 aliphatic heterocycles. The molecule has 0 spiro atoms. The summed E-state index contributed by atoms with van der Waals surface area (Å²) in [5.41, 5.74) is 2.43. The number of carbonyl (C=O) groups is 1. The van der Waals surface area contributed by atoms with E-state index < -0.39 is 0 Å². The summed E-state index contributed by atoms with van der Waals surface area (Å²) < 4.78 is 5.44. The smallest absolute Gasteiger partial charge is 0.254 e. The predicted octanol–water partition coefficient (Wildman–Crippen LogP) is 1.59. The lowest BCUT2D eigenvalue weighted by Gasteiger charge is -2.35. The monoisotopic (exact) mass is 287 g/mol. The molecule has 0 radical (unpaired) electrons. The number of morpholine rings is 1. The van der Waals surface area contributed by atoms with Gasteiger partial charge in [0.05, 0.1) is 19.3 Å². The molecule has 2 rings (SSSR count). The number of nitrogens with zero attached hydrogens (tertiary/aromatic N) is 1. The number of aliphatic hydroxyl groups excluding tert-OH is 1. The Morgan fingerprint density at radius 2 is 2.33 bits per heavy atom. The lowest BCUT2D eigenvalue weighted by Crippen LogP contribution is -2.48. The molecule has 1 aromatic rings. The molecule has 1 aliphatic rings. The fourth-order valence-electron chi connectivity index (χ4n) is 2.45. The van der Waals surface area contributed by atoms with Crippen LogP contribution >= 0.6 is 0 Å². The summed E-state index contributed by atoms with van der Waals surface area (Å²) in [7, 11) is 0. The van der Waals surface area contributed by atoms with Crippen molar-refractivity contribution in [2.24, 2.45) is 0 Å². The van der Waals surface area contributed by atoms with Crippen LogP contribution in [0.5, 0.6) is 0 Å². The standard InChI is InChI=1S/C17H21NO3/c1-3-16-12-21-10-8-18(16)17(20)15-7-6-13(2)14(11-15)5-4-9-19/h6-7,11,16,19H,3,8-10,12H2,1-2H3. The summed E-state index contributed by atoms with van der Waals surface area (Å²) in [5.74, 6) is 5.55. The number of rotatable bonds is 2. The van der Waals surface area contributed by atoms with Crippen molar-refractivity contribution in [2.75, 3.05) is 26.4 Å². The van der Waals surface area contributed by atoms with Gasteiger partial charge in [0.1, 0.15) is 6.61 Å². The Morgan fingerprint density at radius 3 is 3.05 bits per heavy atom. The van der Waals surface area contributed by atoms with Crippen LogP contribution in [0.3, 0.4) is 0 Å². The van der Waals surface area contributed by atoms with Gasteiger partial charge in [-0.1, -0.05) is 24.8 Å². The Labute approximate surface area is 125 Å². The van der Waals surface area contributed by atoms with Crippen molar-refractivity contribution in [3.63, 3.8) is 0 Å². The van der Waals surface area contributed by atoms with Gasteiger partial charge in [-0.05, 0) is 31.0 Å². The molecule has 1 unspecified atom stereocenters. The molecule has 1 N–H and O–H groups in total. The highest BCUT2D eigenvalue weighted by Gasteiger charge is 2.26. The maximum Gasteiger partial charge on any atom is 0.254 e. The Hall–Kier alpha value is -1.83. The minimum Gasteiger partial charge on any atom is -0.384 e. The van der Waals surface area contributed by atoms with Crippen LogP contribution in [0.25, 0.3) is 0 Å². The topological polar surface area (TPSA) is 49.8 Å². The van der Waals surface area contributed by atoms with Crippen LogP contribution in [-0.4, -0.2) is 48.3 Å². The van der Waals surface area contributed by atoms with E-state index in [-0.39, 0.29) is 18.6 Å². The molecule has 1 aromatic carbocycles. The molecule has 1 fully saturated rings. The summed E-state index contributed by atoms with van der Waals surface area (Å²) in [6.07, 6.45) is 0.884. The van der Waals surface area contributed by atoms with Crippen LogP contribution in [0, 0.1) is 18.8 Å². The first-order chi connectivity index (χ1) is 10.2. The van der Waals surface area contributed by atoms with E-state index in [4.69, 9.17) is 9.84 Å². The first-order valence-electron chi connectivity index (χ1n) is 7.26. The highest BCUT2D eigenvalue weighted by molar-refractivity contribution is 5.95. The Bertz CT molecular complexity index is 571. The number of carbonyl (C=O) groups excluding carboxylic acids is 1. The highest BCUT2D eigenvalue weighted by Crippen LogP contribution is 2.17. The zero-order valence-corrected chi connectivity index (χ0v) is 12.6. The first kappa shape index (κ1) is 15.6. The van der Waals surface area contributed by atoms with Crippen molar-refractivity contribution in [3.05, 3.63) is 34.9 Å². The number of aryl methyl sites for hydroxylation is 1. The van der Waals surface area contributed by atoms with Gasteiger partial charge in [0.25, 0.3) is 5.91 Å². The van der Waals surface area contributed by atoms with E-state index in [1.165, 1.54) is 0 Å². The average Bonchev–Trinajstić information content (AvgIpc) is 2.53. The summed E-state index contributed by atoms with van der Waals surface area (Å²) in [6.45, 7) is 5.64. The fourth-order valence-corrected chi connectivity index (χ4v) is 2.45. The van der Waals surface area contributed by atoms with Gasteiger partial charge in [-0.3, -0.25) is 4.79 Å². The zero-order chi connectivity index (χ0) is 15.2. The molecular weight excluding hydrogens is 266 g/mol. The molecule has 0 aliphatic carbocycles. The van der Waals surface area contributed by atoms with Crippen molar-refractivity contribution in [1.29, 1.82) is 0 Å². The lowest BCUT2D eigenvalue weighted by molar-refractivity contribution is -0.00280. The summed E-state index contributed by atoms with van der Waals surface area (Å²) in [6, 6.07) is 5.68. The molecule has 0 saturated carbocycles. The maximum absolute atomic E-state index is 12.7. The highest BCUT2D eigenvalue weighted by atomic mass is 16.5. The number of aliphatic hydroxyl groups is 1. The van der Waals surface area contributed by atoms with Crippen molar-refractivity contribution in [2.45, 2.75) is 26.3 Å². The van der Waals surface area contributed by atoms with E-state index >= 15 is 0 Å². The number of hydrogen-bond donors (Lipinski definition) is 1. The van der Waals surface area contributed by atoms with Gasteiger partial charge in [0, 0.05) is 17.7 Å². The van der Waals surface area contributed by atoms with E-state index in [2.05, 4.69) is 18.8 Å². The third kappa shape index (κ3) is 3.63. The first-order valence-corrected chi connectivity index (χ1v) is 7.26. The third-order valence-corrected chi connectivity index (χ3v) is 3.75. The number of amides is 1. The average molecular weight is 287 g/mol. The van der Waals surface area contributed by atoms with Crippen LogP contribution < -0.4 is 0 Å². The molecule has 1 saturated heterocycles. The second-order valence-corrected chi connectivity index (χ2v) is 5.13. The Balaban J connectivity index is 2.26. The molecule has 0 aromatic heterocycles. The Morgan fingerprint density at radius 1 is 1.52 bits per heavy atom. The molecule has 1 heterocycles. The third-order valence-electron chi connectivity index (χ3n) is 3.75. The molecule has 1 amide bonds. The van der Waals surface area contributed by atoms with Gasteiger partial charge in [-0.25, -0.2) is 0 Å². The minimum absolute atomic E-state index is 0.0252. The van der Waals surface area contributed by atoms with E-state index in [9.17, 15) is 4.79 Å². The second-order valence-electron chi connectivity index (χ2n) is 5.13. The fraction of sp³-hybridized carbons (Fsp3) is 0.471. The molecule has 21 heavy (non-hydrogen) atoms. The van der Waals surface area contributed by atoms with Crippen molar-refractivity contribution in [1.82, 2.24) is 4.90 Å². The van der Waals surface area contributed by atoms with E-state index in [1.807, 2.05) is 30.0 Å². The van der Waals surface area contributed by atoms with Gasteiger partial charge in [0.2, 0.25) is 0 Å². The molecule has 1 atom stereocenters. The number of benzene rings is 1. The summed E-state index contributed by atoms with van der Waals surface area (Å²) in [5, 5.41) is 8.80. The van der Waals surface area contributed by atoms with E-state index in [1.54, 1.807) is 0 Å². The Kier molecular flexibility index (Phi) is 5.38. The van der Waals surface area contributed by atoms with Crippen LogP contribution in [0.1, 0.15) is 34.8 Å². The van der Waals surface area contributed by atoms with Crippen LogP contribution in [0.15, 0.2) is 18.2 Å². The summed E-state index contributed by atoms with van der Waals surface area (Å²) in [4.78, 5) is 14.6. The van der Waals surface area contributed by atoms with Crippen molar-refractivity contribution >= 4 is 5.91 Å². The van der Waals surface area contributed by atoms with Crippen LogP contribution in [0.4, 0.5) is 0 Å². The second kappa shape index (κ2) is 7.26. The molecule has 4 heteroatoms. The van der Waals surface area contributed by atoms with E-state index in [0.717, 1.165) is 17.5 Å². The normalized spacial score (nSPS) is 18.0. The summed E-state index contributed by atoms with van der Waals surface area (Å²) >= 11 is 0. The van der Waals surface area contributed by atoms with Gasteiger partial charge >= 0.3 is 0 Å². The number of ether oxygens (including phenoxy) is 1. The predicted molar refractivity (Wildman–Crippen MR) is 81.1 cm³/mol. The van der Waals surface area contributed by atoms with Gasteiger partial charge in [-0.15, -0.1) is 0 Å². The lowest BCUT2D eigenvalue weighted by atomic mass is 10.0. The van der Waals surface area contributed by atoms with Crippen molar-refractivity contribution < 1.29 is 14.6 Å². The zero-order valence-electron chi connectivity index (χ0n) is 12.6.